The summed E-state index contributed by atoms with van der Waals surface area (Å²) in [5.74, 6) is 0.475. The molecule has 2 heterocycles. The Labute approximate surface area is 179 Å². The third kappa shape index (κ3) is 5.15. The van der Waals surface area contributed by atoms with E-state index in [1.807, 2.05) is 23.6 Å². The van der Waals surface area contributed by atoms with Crippen LogP contribution in [0.4, 0.5) is 0 Å². The molecule has 160 valence electrons. The maximum absolute atomic E-state index is 12.8. The predicted molar refractivity (Wildman–Crippen MR) is 120 cm³/mol. The largest absolute Gasteiger partial charge is 0.340 e. The molecule has 3 rings (SSSR count). The van der Waals surface area contributed by atoms with Crippen LogP contribution in [0.1, 0.15) is 57.5 Å². The molecule has 0 bridgehead atoms. The lowest BCUT2D eigenvalue weighted by Crippen LogP contribution is -2.50. The van der Waals surface area contributed by atoms with Gasteiger partial charge in [0.15, 0.2) is 0 Å². The van der Waals surface area contributed by atoms with Gasteiger partial charge in [-0.1, -0.05) is 52.0 Å². The summed E-state index contributed by atoms with van der Waals surface area (Å²) in [5, 5.41) is 0.0933. The van der Waals surface area contributed by atoms with Crippen LogP contribution in [-0.4, -0.2) is 71.0 Å². The van der Waals surface area contributed by atoms with E-state index in [1.165, 1.54) is 11.1 Å². The number of amides is 2. The Morgan fingerprint density at radius 3 is 2.24 bits per heavy atom. The quantitative estimate of drug-likeness (QED) is 0.736. The monoisotopic (exact) mass is 417 g/mol. The summed E-state index contributed by atoms with van der Waals surface area (Å²) in [6.07, 6.45) is 0.576. The topological polar surface area (TPSA) is 43.9 Å². The fraction of sp³-hybridized carbons (Fsp3) is 0.652. The lowest BCUT2D eigenvalue weighted by molar-refractivity contribution is -0.132. The minimum atomic E-state index is 0.00122. The van der Waals surface area contributed by atoms with Crippen LogP contribution in [0.2, 0.25) is 0 Å². The van der Waals surface area contributed by atoms with Gasteiger partial charge in [0.1, 0.15) is 5.37 Å². The van der Waals surface area contributed by atoms with E-state index >= 15 is 0 Å². The van der Waals surface area contributed by atoms with Crippen molar-refractivity contribution in [2.75, 3.05) is 39.3 Å². The summed E-state index contributed by atoms with van der Waals surface area (Å²) in [6, 6.07) is 8.77. The van der Waals surface area contributed by atoms with Gasteiger partial charge >= 0.3 is 0 Å². The van der Waals surface area contributed by atoms with Gasteiger partial charge in [0, 0.05) is 45.7 Å². The second-order valence-corrected chi connectivity index (χ2v) is 10.5. The van der Waals surface area contributed by atoms with Gasteiger partial charge in [0.25, 0.3) is 0 Å². The first-order valence-corrected chi connectivity index (χ1v) is 11.7. The second kappa shape index (κ2) is 9.09. The van der Waals surface area contributed by atoms with E-state index in [0.29, 0.717) is 6.42 Å². The van der Waals surface area contributed by atoms with Gasteiger partial charge in [-0.05, 0) is 23.5 Å². The molecule has 0 aromatic heterocycles. The summed E-state index contributed by atoms with van der Waals surface area (Å²) in [4.78, 5) is 31.0. The smallest absolute Gasteiger partial charge is 0.236 e. The van der Waals surface area contributed by atoms with Gasteiger partial charge in [0.05, 0.1) is 5.25 Å². The summed E-state index contributed by atoms with van der Waals surface area (Å²) < 4.78 is 0. The normalized spacial score (nSPS) is 23.7. The highest BCUT2D eigenvalue weighted by atomic mass is 32.2. The Bertz CT molecular complexity index is 721. The summed E-state index contributed by atoms with van der Waals surface area (Å²) in [6.45, 7) is 15.6. The molecule has 0 unspecified atom stereocenters. The SMILES string of the molecule is CCC(=O)N1CCN(CCN2C(=O)[C@H](C)S[C@@H]2c2ccc(C(C)(C)C)cc2)CC1. The van der Waals surface area contributed by atoms with Crippen molar-refractivity contribution in [1.82, 2.24) is 14.7 Å². The van der Waals surface area contributed by atoms with Crippen LogP contribution in [0, 0.1) is 0 Å². The summed E-state index contributed by atoms with van der Waals surface area (Å²) >= 11 is 1.75. The van der Waals surface area contributed by atoms with Gasteiger partial charge in [-0.25, -0.2) is 0 Å². The Balaban J connectivity index is 1.61. The van der Waals surface area contributed by atoms with E-state index in [-0.39, 0.29) is 27.9 Å². The highest BCUT2D eigenvalue weighted by molar-refractivity contribution is 8.01. The third-order valence-corrected chi connectivity index (χ3v) is 7.39. The number of carbonyl (C=O) groups is 2. The molecule has 1 aromatic rings. The molecule has 2 aliphatic heterocycles. The van der Waals surface area contributed by atoms with Crippen molar-refractivity contribution in [2.45, 2.75) is 57.1 Å². The van der Waals surface area contributed by atoms with E-state index in [0.717, 1.165) is 39.3 Å². The van der Waals surface area contributed by atoms with Crippen LogP contribution >= 0.6 is 11.8 Å². The molecule has 0 N–H and O–H groups in total. The lowest BCUT2D eigenvalue weighted by atomic mass is 9.86. The average molecular weight is 418 g/mol. The van der Waals surface area contributed by atoms with E-state index in [1.54, 1.807) is 11.8 Å². The highest BCUT2D eigenvalue weighted by Crippen LogP contribution is 2.43. The van der Waals surface area contributed by atoms with Crippen molar-refractivity contribution >= 4 is 23.6 Å². The van der Waals surface area contributed by atoms with Gasteiger partial charge in [-0.3, -0.25) is 14.5 Å². The average Bonchev–Trinajstić information content (AvgIpc) is 2.99. The molecule has 2 saturated heterocycles. The molecule has 0 aliphatic carbocycles. The van der Waals surface area contributed by atoms with Gasteiger partial charge in [-0.2, -0.15) is 0 Å². The zero-order valence-electron chi connectivity index (χ0n) is 18.5. The fourth-order valence-corrected chi connectivity index (χ4v) is 5.31. The first-order valence-electron chi connectivity index (χ1n) is 10.8. The number of rotatable bonds is 5. The number of thioether (sulfide) groups is 1. The Morgan fingerprint density at radius 2 is 1.69 bits per heavy atom. The summed E-state index contributed by atoms with van der Waals surface area (Å²) in [7, 11) is 0. The van der Waals surface area contributed by atoms with Crippen molar-refractivity contribution in [2.24, 2.45) is 0 Å². The minimum Gasteiger partial charge on any atom is -0.340 e. The molecule has 2 fully saturated rings. The van der Waals surface area contributed by atoms with Gasteiger partial charge in [-0.15, -0.1) is 11.8 Å². The van der Waals surface area contributed by atoms with Crippen LogP contribution in [0.15, 0.2) is 24.3 Å². The molecule has 0 radical (unpaired) electrons. The van der Waals surface area contributed by atoms with Crippen LogP contribution in [-0.2, 0) is 15.0 Å². The molecule has 29 heavy (non-hydrogen) atoms. The molecule has 5 nitrogen and oxygen atoms in total. The van der Waals surface area contributed by atoms with E-state index in [2.05, 4.69) is 49.9 Å². The van der Waals surface area contributed by atoms with E-state index < -0.39 is 0 Å². The van der Waals surface area contributed by atoms with Gasteiger partial charge in [0.2, 0.25) is 11.8 Å². The van der Waals surface area contributed by atoms with E-state index in [9.17, 15) is 9.59 Å². The second-order valence-electron chi connectivity index (χ2n) is 9.11. The molecule has 2 atom stereocenters. The predicted octanol–water partition coefficient (Wildman–Crippen LogP) is 3.50. The van der Waals surface area contributed by atoms with Crippen LogP contribution in [0.5, 0.6) is 0 Å². The molecule has 0 saturated carbocycles. The van der Waals surface area contributed by atoms with Crippen LogP contribution in [0.3, 0.4) is 0 Å². The molecule has 0 spiro atoms. The zero-order valence-corrected chi connectivity index (χ0v) is 19.3. The number of hydrogen-bond acceptors (Lipinski definition) is 4. The third-order valence-electron chi connectivity index (χ3n) is 5.99. The lowest BCUT2D eigenvalue weighted by Gasteiger charge is -2.36. The molecule has 2 amide bonds. The fourth-order valence-electron chi connectivity index (χ4n) is 4.00. The Kier molecular flexibility index (Phi) is 6.94. The Hall–Kier alpha value is -1.53. The number of nitrogens with zero attached hydrogens (tertiary/aromatic N) is 3. The number of carbonyl (C=O) groups excluding carboxylic acids is 2. The molecular formula is C23H35N3O2S. The van der Waals surface area contributed by atoms with Gasteiger partial charge < -0.3 is 9.80 Å². The Morgan fingerprint density at radius 1 is 1.07 bits per heavy atom. The maximum Gasteiger partial charge on any atom is 0.236 e. The van der Waals surface area contributed by atoms with E-state index in [4.69, 9.17) is 0 Å². The van der Waals surface area contributed by atoms with Crippen molar-refractivity contribution in [1.29, 1.82) is 0 Å². The number of hydrogen-bond donors (Lipinski definition) is 0. The summed E-state index contributed by atoms with van der Waals surface area (Å²) in [5.41, 5.74) is 2.65. The number of piperazine rings is 1. The molecule has 1 aromatic carbocycles. The number of benzene rings is 1. The van der Waals surface area contributed by atoms with Crippen molar-refractivity contribution < 1.29 is 9.59 Å². The zero-order chi connectivity index (χ0) is 21.2. The first kappa shape index (κ1) is 22.2. The van der Waals surface area contributed by atoms with Crippen LogP contribution < -0.4 is 0 Å². The first-order chi connectivity index (χ1) is 13.7. The van der Waals surface area contributed by atoms with Crippen molar-refractivity contribution in [3.05, 3.63) is 35.4 Å². The maximum atomic E-state index is 12.8. The van der Waals surface area contributed by atoms with Crippen LogP contribution in [0.25, 0.3) is 0 Å². The minimum absolute atomic E-state index is 0.00122. The molecule has 2 aliphatic rings. The molecule has 6 heteroatoms. The highest BCUT2D eigenvalue weighted by Gasteiger charge is 2.38. The van der Waals surface area contributed by atoms with Crippen molar-refractivity contribution in [3.8, 4) is 0 Å². The standard InChI is InChI=1S/C23H35N3O2S/c1-6-20(27)25-14-11-24(12-15-25)13-16-26-21(28)17(2)29-22(26)18-7-9-19(10-8-18)23(3,4)5/h7-10,17,22H,6,11-16H2,1-5H3/t17-,22+/m0/s1. The van der Waals surface area contributed by atoms with Crippen molar-refractivity contribution in [3.63, 3.8) is 0 Å². The molecular weight excluding hydrogens is 382 g/mol.